The predicted molar refractivity (Wildman–Crippen MR) is 78.3 cm³/mol. The van der Waals surface area contributed by atoms with Gasteiger partial charge in [-0.25, -0.2) is 4.79 Å². The molecule has 1 heterocycles. The molecule has 0 unspecified atom stereocenters. The molecule has 0 N–H and O–H groups in total. The number of hydrogen-bond acceptors (Lipinski definition) is 3. The molecule has 1 aliphatic heterocycles. The summed E-state index contributed by atoms with van der Waals surface area (Å²) in [5, 5.41) is 0. The summed E-state index contributed by atoms with van der Waals surface area (Å²) in [6.07, 6.45) is 1.79. The highest BCUT2D eigenvalue weighted by molar-refractivity contribution is 5.68. The SMILES string of the molecule is C=C(C)CN1CCC(N(C)C(=O)OC(C)(C)C)CC1. The van der Waals surface area contributed by atoms with Gasteiger partial charge < -0.3 is 9.64 Å². The smallest absolute Gasteiger partial charge is 0.410 e. The molecule has 1 aliphatic rings. The van der Waals surface area contributed by atoms with Crippen LogP contribution in [0.5, 0.6) is 0 Å². The molecule has 0 aromatic heterocycles. The van der Waals surface area contributed by atoms with Gasteiger partial charge in [0.05, 0.1) is 0 Å². The summed E-state index contributed by atoms with van der Waals surface area (Å²) >= 11 is 0. The van der Waals surface area contributed by atoms with E-state index in [0.717, 1.165) is 32.5 Å². The van der Waals surface area contributed by atoms with Crippen molar-refractivity contribution in [3.8, 4) is 0 Å². The van der Waals surface area contributed by atoms with Gasteiger partial charge >= 0.3 is 6.09 Å². The van der Waals surface area contributed by atoms with Crippen molar-refractivity contribution in [2.45, 2.75) is 52.2 Å². The lowest BCUT2D eigenvalue weighted by Crippen LogP contribution is -2.47. The van der Waals surface area contributed by atoms with Crippen molar-refractivity contribution in [1.29, 1.82) is 0 Å². The third-order valence-corrected chi connectivity index (χ3v) is 3.28. The van der Waals surface area contributed by atoms with Crippen LogP contribution in [0.25, 0.3) is 0 Å². The topological polar surface area (TPSA) is 32.8 Å². The van der Waals surface area contributed by atoms with E-state index in [-0.39, 0.29) is 12.1 Å². The third kappa shape index (κ3) is 5.64. The van der Waals surface area contributed by atoms with Gasteiger partial charge in [0, 0.05) is 32.7 Å². The van der Waals surface area contributed by atoms with Gasteiger partial charge in [-0.05, 0) is 40.5 Å². The Labute approximate surface area is 117 Å². The summed E-state index contributed by atoms with van der Waals surface area (Å²) in [7, 11) is 1.84. The first-order valence-electron chi connectivity index (χ1n) is 7.01. The first kappa shape index (κ1) is 16.0. The van der Waals surface area contributed by atoms with E-state index in [4.69, 9.17) is 4.74 Å². The molecule has 19 heavy (non-hydrogen) atoms. The minimum Gasteiger partial charge on any atom is -0.444 e. The molecule has 0 radical (unpaired) electrons. The summed E-state index contributed by atoms with van der Waals surface area (Å²) in [6.45, 7) is 14.7. The fraction of sp³-hybridized carbons (Fsp3) is 0.800. The quantitative estimate of drug-likeness (QED) is 0.738. The Kier molecular flexibility index (Phi) is 5.41. The van der Waals surface area contributed by atoms with Gasteiger partial charge in [0.25, 0.3) is 0 Å². The second-order valence-electron chi connectivity index (χ2n) is 6.56. The highest BCUT2D eigenvalue weighted by Crippen LogP contribution is 2.18. The van der Waals surface area contributed by atoms with Crippen LogP contribution in [0.4, 0.5) is 4.79 Å². The van der Waals surface area contributed by atoms with Crippen LogP contribution in [-0.2, 0) is 4.74 Å². The molecule has 0 aliphatic carbocycles. The number of amides is 1. The second kappa shape index (κ2) is 6.42. The predicted octanol–water partition coefficient (Wildman–Crippen LogP) is 2.89. The van der Waals surface area contributed by atoms with Crippen molar-refractivity contribution in [3.05, 3.63) is 12.2 Å². The second-order valence-corrected chi connectivity index (χ2v) is 6.56. The standard InChI is InChI=1S/C15H28N2O2/c1-12(2)11-17-9-7-13(8-10-17)16(6)14(18)19-15(3,4)5/h13H,1,7-11H2,2-6H3. The maximum Gasteiger partial charge on any atom is 0.410 e. The van der Waals surface area contributed by atoms with Crippen molar-refractivity contribution in [2.24, 2.45) is 0 Å². The molecule has 0 aromatic rings. The lowest BCUT2D eigenvalue weighted by Gasteiger charge is -2.37. The Morgan fingerprint density at radius 3 is 2.32 bits per heavy atom. The minimum atomic E-state index is -0.425. The van der Waals surface area contributed by atoms with Gasteiger partial charge in [0.2, 0.25) is 0 Å². The number of carbonyl (C=O) groups excluding carboxylic acids is 1. The number of piperidine rings is 1. The summed E-state index contributed by atoms with van der Waals surface area (Å²) in [4.78, 5) is 16.1. The first-order chi connectivity index (χ1) is 8.69. The van der Waals surface area contributed by atoms with Crippen molar-refractivity contribution in [3.63, 3.8) is 0 Å². The molecule has 1 rings (SSSR count). The Bertz CT molecular complexity index is 326. The Hall–Kier alpha value is -1.03. The Morgan fingerprint density at radius 2 is 1.89 bits per heavy atom. The fourth-order valence-corrected chi connectivity index (χ4v) is 2.33. The zero-order valence-corrected chi connectivity index (χ0v) is 13.0. The lowest BCUT2D eigenvalue weighted by molar-refractivity contribution is 0.0156. The van der Waals surface area contributed by atoms with E-state index < -0.39 is 5.60 Å². The van der Waals surface area contributed by atoms with Crippen molar-refractivity contribution < 1.29 is 9.53 Å². The molecule has 0 aromatic carbocycles. The van der Waals surface area contributed by atoms with E-state index in [2.05, 4.69) is 18.4 Å². The average Bonchev–Trinajstić information content (AvgIpc) is 2.26. The summed E-state index contributed by atoms with van der Waals surface area (Å²) in [5.41, 5.74) is 0.769. The van der Waals surface area contributed by atoms with Gasteiger partial charge in [-0.1, -0.05) is 12.2 Å². The maximum atomic E-state index is 12.0. The van der Waals surface area contributed by atoms with Crippen LogP contribution < -0.4 is 0 Å². The summed E-state index contributed by atoms with van der Waals surface area (Å²) in [5.74, 6) is 0. The average molecular weight is 268 g/mol. The van der Waals surface area contributed by atoms with Gasteiger partial charge in [-0.2, -0.15) is 0 Å². The summed E-state index contributed by atoms with van der Waals surface area (Å²) in [6, 6.07) is 0.288. The monoisotopic (exact) mass is 268 g/mol. The van der Waals surface area contributed by atoms with E-state index in [1.807, 2.05) is 27.8 Å². The molecule has 0 saturated carbocycles. The van der Waals surface area contributed by atoms with E-state index in [1.54, 1.807) is 4.90 Å². The molecule has 1 fully saturated rings. The Balaban J connectivity index is 2.42. The molecule has 110 valence electrons. The summed E-state index contributed by atoms with van der Waals surface area (Å²) < 4.78 is 5.40. The highest BCUT2D eigenvalue weighted by atomic mass is 16.6. The van der Waals surface area contributed by atoms with Crippen molar-refractivity contribution in [1.82, 2.24) is 9.80 Å². The first-order valence-corrected chi connectivity index (χ1v) is 7.01. The van der Waals surface area contributed by atoms with Gasteiger partial charge in [0.15, 0.2) is 0 Å². The normalized spacial score (nSPS) is 18.2. The number of ether oxygens (including phenoxy) is 1. The van der Waals surface area contributed by atoms with E-state index in [1.165, 1.54) is 5.57 Å². The van der Waals surface area contributed by atoms with E-state index >= 15 is 0 Å². The van der Waals surface area contributed by atoms with E-state index in [9.17, 15) is 4.79 Å². The number of rotatable bonds is 3. The van der Waals surface area contributed by atoms with Gasteiger partial charge in [-0.3, -0.25) is 4.90 Å². The van der Waals surface area contributed by atoms with Crippen LogP contribution in [0.2, 0.25) is 0 Å². The maximum absolute atomic E-state index is 12.0. The molecular weight excluding hydrogens is 240 g/mol. The lowest BCUT2D eigenvalue weighted by atomic mass is 10.0. The molecule has 0 atom stereocenters. The van der Waals surface area contributed by atoms with Gasteiger partial charge in [-0.15, -0.1) is 0 Å². The van der Waals surface area contributed by atoms with Crippen LogP contribution in [0.1, 0.15) is 40.5 Å². The molecule has 1 amide bonds. The van der Waals surface area contributed by atoms with Crippen LogP contribution in [-0.4, -0.2) is 54.2 Å². The largest absolute Gasteiger partial charge is 0.444 e. The van der Waals surface area contributed by atoms with Crippen LogP contribution >= 0.6 is 0 Å². The van der Waals surface area contributed by atoms with Crippen LogP contribution in [0.15, 0.2) is 12.2 Å². The van der Waals surface area contributed by atoms with E-state index in [0.29, 0.717) is 0 Å². The fourth-order valence-electron chi connectivity index (χ4n) is 2.33. The van der Waals surface area contributed by atoms with Crippen molar-refractivity contribution in [2.75, 3.05) is 26.7 Å². The molecular formula is C15H28N2O2. The highest BCUT2D eigenvalue weighted by Gasteiger charge is 2.28. The Morgan fingerprint density at radius 1 is 1.37 bits per heavy atom. The number of likely N-dealkylation sites (tertiary alicyclic amines) is 1. The van der Waals surface area contributed by atoms with Crippen molar-refractivity contribution >= 4 is 6.09 Å². The third-order valence-electron chi connectivity index (χ3n) is 3.28. The van der Waals surface area contributed by atoms with Crippen LogP contribution in [0, 0.1) is 0 Å². The zero-order chi connectivity index (χ0) is 14.6. The number of carbonyl (C=O) groups is 1. The molecule has 0 bridgehead atoms. The number of hydrogen-bond donors (Lipinski definition) is 0. The molecule has 4 heteroatoms. The zero-order valence-electron chi connectivity index (χ0n) is 13.0. The molecule has 0 spiro atoms. The van der Waals surface area contributed by atoms with Gasteiger partial charge in [0.1, 0.15) is 5.60 Å². The minimum absolute atomic E-state index is 0.217. The van der Waals surface area contributed by atoms with Crippen LogP contribution in [0.3, 0.4) is 0 Å². The number of nitrogens with zero attached hydrogens (tertiary/aromatic N) is 2. The molecule has 1 saturated heterocycles. The molecule has 4 nitrogen and oxygen atoms in total.